The molecule has 2 heteroatoms. The molecule has 100 valence electrons. The first kappa shape index (κ1) is 13.7. The predicted octanol–water partition coefficient (Wildman–Crippen LogP) is 3.55. The molecule has 0 aliphatic rings. The number of rotatable bonds is 7. The quantitative estimate of drug-likeness (QED) is 0.590. The van der Waals surface area contributed by atoms with E-state index in [0.717, 1.165) is 32.5 Å². The van der Waals surface area contributed by atoms with E-state index in [1.807, 2.05) is 0 Å². The van der Waals surface area contributed by atoms with Crippen LogP contribution in [0.1, 0.15) is 31.7 Å². The molecule has 2 aromatic rings. The van der Waals surface area contributed by atoms with Gasteiger partial charge in [0.05, 0.1) is 5.52 Å². The van der Waals surface area contributed by atoms with Crippen LogP contribution in [-0.2, 0) is 13.1 Å². The topological polar surface area (TPSA) is 17.0 Å². The SMILES string of the molecule is C#CCCCn1ccc2cccc(CNCCC)c21. The fraction of sp³-hybridized carbons (Fsp3) is 0.412. The maximum Gasteiger partial charge on any atom is 0.0525 e. The summed E-state index contributed by atoms with van der Waals surface area (Å²) < 4.78 is 2.33. The minimum atomic E-state index is 0.843. The van der Waals surface area contributed by atoms with Crippen molar-refractivity contribution in [2.75, 3.05) is 6.54 Å². The van der Waals surface area contributed by atoms with Gasteiger partial charge in [-0.15, -0.1) is 12.3 Å². The molecule has 0 spiro atoms. The van der Waals surface area contributed by atoms with Crippen molar-refractivity contribution in [3.63, 3.8) is 0 Å². The van der Waals surface area contributed by atoms with Crippen LogP contribution in [0.5, 0.6) is 0 Å². The maximum atomic E-state index is 5.32. The summed E-state index contributed by atoms with van der Waals surface area (Å²) in [5.74, 6) is 2.71. The molecule has 0 fully saturated rings. The molecule has 19 heavy (non-hydrogen) atoms. The Morgan fingerprint density at radius 2 is 2.21 bits per heavy atom. The first-order valence-electron chi connectivity index (χ1n) is 7.07. The summed E-state index contributed by atoms with van der Waals surface area (Å²) in [6.07, 6.45) is 10.5. The van der Waals surface area contributed by atoms with Gasteiger partial charge in [0.2, 0.25) is 0 Å². The van der Waals surface area contributed by atoms with E-state index in [2.05, 4.69) is 53.2 Å². The van der Waals surface area contributed by atoms with Crippen LogP contribution in [0.4, 0.5) is 0 Å². The van der Waals surface area contributed by atoms with Crippen molar-refractivity contribution >= 4 is 10.9 Å². The van der Waals surface area contributed by atoms with Gasteiger partial charge in [0.25, 0.3) is 0 Å². The molecule has 0 radical (unpaired) electrons. The predicted molar refractivity (Wildman–Crippen MR) is 82.0 cm³/mol. The highest BCUT2D eigenvalue weighted by Crippen LogP contribution is 2.21. The van der Waals surface area contributed by atoms with Gasteiger partial charge in [-0.25, -0.2) is 0 Å². The number of para-hydroxylation sites is 1. The van der Waals surface area contributed by atoms with Crippen LogP contribution in [0.15, 0.2) is 30.5 Å². The smallest absolute Gasteiger partial charge is 0.0525 e. The molecule has 1 heterocycles. The third kappa shape index (κ3) is 3.39. The molecule has 0 amide bonds. The highest BCUT2D eigenvalue weighted by molar-refractivity contribution is 5.83. The van der Waals surface area contributed by atoms with Crippen molar-refractivity contribution in [2.24, 2.45) is 0 Å². The number of aryl methyl sites for hydroxylation is 1. The van der Waals surface area contributed by atoms with Crippen molar-refractivity contribution in [3.05, 3.63) is 36.0 Å². The normalized spacial score (nSPS) is 10.7. The third-order valence-electron chi connectivity index (χ3n) is 3.33. The van der Waals surface area contributed by atoms with Gasteiger partial charge in [0.15, 0.2) is 0 Å². The molecular formula is C17H22N2. The van der Waals surface area contributed by atoms with E-state index >= 15 is 0 Å². The summed E-state index contributed by atoms with van der Waals surface area (Å²) in [4.78, 5) is 0. The van der Waals surface area contributed by atoms with Gasteiger partial charge in [-0.05, 0) is 36.4 Å². The average molecular weight is 254 g/mol. The fourth-order valence-corrected chi connectivity index (χ4v) is 2.42. The van der Waals surface area contributed by atoms with Crippen molar-refractivity contribution in [1.29, 1.82) is 0 Å². The van der Waals surface area contributed by atoms with E-state index in [0.29, 0.717) is 0 Å². The van der Waals surface area contributed by atoms with Gasteiger partial charge >= 0.3 is 0 Å². The van der Waals surface area contributed by atoms with Crippen molar-refractivity contribution in [1.82, 2.24) is 9.88 Å². The monoisotopic (exact) mass is 254 g/mol. The Kier molecular flexibility index (Phi) is 5.06. The second-order valence-electron chi connectivity index (χ2n) is 4.85. The molecule has 0 aliphatic carbocycles. The first-order valence-corrected chi connectivity index (χ1v) is 7.07. The van der Waals surface area contributed by atoms with Gasteiger partial charge in [-0.1, -0.05) is 25.1 Å². The minimum Gasteiger partial charge on any atom is -0.347 e. The van der Waals surface area contributed by atoms with Crippen molar-refractivity contribution in [3.8, 4) is 12.3 Å². The number of unbranched alkanes of at least 4 members (excludes halogenated alkanes) is 1. The van der Waals surface area contributed by atoms with Crippen LogP contribution in [-0.4, -0.2) is 11.1 Å². The van der Waals surface area contributed by atoms with Crippen LogP contribution in [0, 0.1) is 12.3 Å². The molecule has 0 atom stereocenters. The fourth-order valence-electron chi connectivity index (χ4n) is 2.42. The number of terminal acetylenes is 1. The van der Waals surface area contributed by atoms with Crippen molar-refractivity contribution in [2.45, 2.75) is 39.3 Å². The van der Waals surface area contributed by atoms with Crippen LogP contribution < -0.4 is 5.32 Å². The zero-order valence-electron chi connectivity index (χ0n) is 11.7. The largest absolute Gasteiger partial charge is 0.347 e. The Hall–Kier alpha value is -1.72. The molecule has 1 N–H and O–H groups in total. The van der Waals surface area contributed by atoms with Crippen LogP contribution in [0.3, 0.4) is 0 Å². The van der Waals surface area contributed by atoms with E-state index in [9.17, 15) is 0 Å². The zero-order chi connectivity index (χ0) is 13.5. The number of nitrogens with one attached hydrogen (secondary N) is 1. The Morgan fingerprint density at radius 1 is 1.32 bits per heavy atom. The Labute approximate surface area is 115 Å². The lowest BCUT2D eigenvalue weighted by molar-refractivity contribution is 0.658. The van der Waals surface area contributed by atoms with Crippen LogP contribution in [0.25, 0.3) is 10.9 Å². The molecule has 2 rings (SSSR count). The van der Waals surface area contributed by atoms with Gasteiger partial charge in [-0.2, -0.15) is 0 Å². The second kappa shape index (κ2) is 7.01. The van der Waals surface area contributed by atoms with E-state index in [1.165, 1.54) is 22.9 Å². The molecule has 2 nitrogen and oxygen atoms in total. The lowest BCUT2D eigenvalue weighted by atomic mass is 10.1. The standard InChI is InChI=1S/C17H22N2/c1-3-5-6-12-19-13-10-15-8-7-9-16(17(15)19)14-18-11-4-2/h1,7-10,13,18H,4-6,11-12,14H2,2H3. The molecule has 1 aromatic carbocycles. The molecule has 1 aromatic heterocycles. The summed E-state index contributed by atoms with van der Waals surface area (Å²) in [6, 6.07) is 8.71. The molecule has 0 saturated carbocycles. The maximum absolute atomic E-state index is 5.32. The highest BCUT2D eigenvalue weighted by atomic mass is 15.0. The van der Waals surface area contributed by atoms with E-state index < -0.39 is 0 Å². The van der Waals surface area contributed by atoms with Crippen LogP contribution in [0.2, 0.25) is 0 Å². The molecular weight excluding hydrogens is 232 g/mol. The van der Waals surface area contributed by atoms with E-state index in [-0.39, 0.29) is 0 Å². The molecule has 0 saturated heterocycles. The number of hydrogen-bond donors (Lipinski definition) is 1. The zero-order valence-corrected chi connectivity index (χ0v) is 11.7. The second-order valence-corrected chi connectivity index (χ2v) is 4.85. The third-order valence-corrected chi connectivity index (χ3v) is 3.33. The summed E-state index contributed by atoms with van der Waals surface area (Å²) in [5.41, 5.74) is 2.72. The lowest BCUT2D eigenvalue weighted by Gasteiger charge is -2.10. The minimum absolute atomic E-state index is 0.843. The number of benzene rings is 1. The summed E-state index contributed by atoms with van der Waals surface area (Å²) in [5, 5.41) is 4.80. The number of aromatic nitrogens is 1. The summed E-state index contributed by atoms with van der Waals surface area (Å²) in [7, 11) is 0. The Morgan fingerprint density at radius 3 is 3.00 bits per heavy atom. The van der Waals surface area contributed by atoms with Crippen molar-refractivity contribution < 1.29 is 0 Å². The van der Waals surface area contributed by atoms with Gasteiger partial charge in [-0.3, -0.25) is 0 Å². The van der Waals surface area contributed by atoms with E-state index in [4.69, 9.17) is 6.42 Å². The lowest BCUT2D eigenvalue weighted by Crippen LogP contribution is -2.14. The number of fused-ring (bicyclic) bond motifs is 1. The van der Waals surface area contributed by atoms with Crippen LogP contribution >= 0.6 is 0 Å². The Bertz CT molecular complexity index is 560. The first-order chi connectivity index (χ1) is 9.36. The van der Waals surface area contributed by atoms with Gasteiger partial charge in [0, 0.05) is 25.7 Å². The summed E-state index contributed by atoms with van der Waals surface area (Å²) in [6.45, 7) is 5.19. The average Bonchev–Trinajstić information content (AvgIpc) is 2.84. The Balaban J connectivity index is 2.20. The number of nitrogens with zero attached hydrogens (tertiary/aromatic N) is 1. The number of hydrogen-bond acceptors (Lipinski definition) is 1. The van der Waals surface area contributed by atoms with Gasteiger partial charge in [0.1, 0.15) is 0 Å². The molecule has 0 bridgehead atoms. The highest BCUT2D eigenvalue weighted by Gasteiger charge is 2.05. The van der Waals surface area contributed by atoms with E-state index in [1.54, 1.807) is 0 Å². The van der Waals surface area contributed by atoms with Gasteiger partial charge < -0.3 is 9.88 Å². The molecule has 0 aliphatic heterocycles. The summed E-state index contributed by atoms with van der Waals surface area (Å²) >= 11 is 0. The molecule has 0 unspecified atom stereocenters.